The van der Waals surface area contributed by atoms with Gasteiger partial charge in [0.25, 0.3) is 0 Å². The zero-order chi connectivity index (χ0) is 8.08. The predicted octanol–water partition coefficient (Wildman–Crippen LogP) is 0.479. The van der Waals surface area contributed by atoms with E-state index in [1.165, 1.54) is 0 Å². The molecule has 0 rings (SSSR count). The normalized spacial score (nSPS) is 9.33. The fourth-order valence-corrected chi connectivity index (χ4v) is 0. The molecule has 3 nitrogen and oxygen atoms in total. The predicted molar refractivity (Wildman–Crippen MR) is 30.3 cm³/mol. The van der Waals surface area contributed by atoms with Gasteiger partial charge in [-0.1, -0.05) is 25.8 Å². The molecule has 0 aromatic carbocycles. The van der Waals surface area contributed by atoms with Crippen LogP contribution in [-0.4, -0.2) is 10.2 Å². The third-order valence-corrected chi connectivity index (χ3v) is 0. The van der Waals surface area contributed by atoms with Crippen LogP contribution in [0.15, 0.2) is 0 Å². The van der Waals surface area contributed by atoms with Crippen molar-refractivity contribution in [2.75, 3.05) is 0 Å². The Kier molecular flexibility index (Phi) is 6.80. The zero-order valence-corrected chi connectivity index (χ0v) is 9.94. The first-order valence-corrected chi connectivity index (χ1v) is 6.35. The molecule has 5 heteroatoms. The zero-order valence-electron chi connectivity index (χ0n) is 5.81. The van der Waals surface area contributed by atoms with E-state index in [0.717, 1.165) is 0 Å². The van der Waals surface area contributed by atoms with Crippen LogP contribution >= 0.6 is 0 Å². The van der Waals surface area contributed by atoms with Gasteiger partial charge in [0.15, 0.2) is 0 Å². The van der Waals surface area contributed by atoms with E-state index in [1.807, 2.05) is 10.2 Å². The van der Waals surface area contributed by atoms with E-state index >= 15 is 0 Å². The molecule has 0 fully saturated rings. The Balaban J connectivity index is 0. The minimum absolute atomic E-state index is 0.528. The Labute approximate surface area is 63.4 Å². The van der Waals surface area contributed by atoms with Crippen LogP contribution in [0.3, 0.4) is 0 Å². The third kappa shape index (κ3) is 4190. The van der Waals surface area contributed by atoms with Gasteiger partial charge in [-0.2, -0.15) is 0 Å². The van der Waals surface area contributed by atoms with Crippen molar-refractivity contribution in [1.82, 2.24) is 0 Å². The van der Waals surface area contributed by atoms with Crippen molar-refractivity contribution in [3.05, 3.63) is 0 Å². The molecule has 0 saturated heterocycles. The summed E-state index contributed by atoms with van der Waals surface area (Å²) in [7, 11) is 2.01. The first kappa shape index (κ1) is 12.0. The second-order valence-corrected chi connectivity index (χ2v) is 6.23. The van der Waals surface area contributed by atoms with Gasteiger partial charge in [-0.25, -0.2) is 0 Å². The van der Waals surface area contributed by atoms with E-state index in [1.54, 1.807) is 0 Å². The van der Waals surface area contributed by atoms with E-state index in [4.69, 9.17) is 10.4 Å². The monoisotopic (exact) mass is 322 g/mol. The molecule has 0 N–H and O–H groups in total. The van der Waals surface area contributed by atoms with E-state index in [0.29, 0.717) is 5.04 Å². The molecule has 0 bridgehead atoms. The Morgan fingerprint density at radius 2 is 1.11 bits per heavy atom. The summed E-state index contributed by atoms with van der Waals surface area (Å²) in [4.78, 5) is 0. The van der Waals surface area contributed by atoms with Crippen molar-refractivity contribution < 1.29 is 27.0 Å². The fraction of sp³-hybridized carbons (Fsp3) is 1.00. The number of hydrogen-bond acceptors (Lipinski definition) is 3. The maximum absolute atomic E-state index is 8.60. The van der Waals surface area contributed by atoms with Crippen LogP contribution < -0.4 is 0 Å². The Hall–Kier alpha value is 0.279. The molecular formula is C4H11O3ReSi. The molecule has 0 unspecified atom stereocenters. The molecule has 9 heavy (non-hydrogen) atoms. The molecule has 0 aromatic heterocycles. The first-order chi connectivity index (χ1) is 3.73. The summed E-state index contributed by atoms with van der Waals surface area (Å²) in [6.07, 6.45) is 0. The molecular weight excluding hydrogens is 310 g/mol. The fourth-order valence-electron chi connectivity index (χ4n) is 0. The standard InChI is InChI=1S/C4H11Si.3O.Re/c1-4(2,3)5;;;;/h5H2,1-3H3;;;;. The number of hydrogen-bond donors (Lipinski definition) is 0. The Bertz CT molecular complexity index is 137. The molecule has 0 aliphatic heterocycles. The summed E-state index contributed by atoms with van der Waals surface area (Å²) in [5.74, 6) is 0. The average Bonchev–Trinajstić information content (AvgIpc) is 1.19. The summed E-state index contributed by atoms with van der Waals surface area (Å²) in [5.41, 5.74) is 0. The Morgan fingerprint density at radius 1 is 1.11 bits per heavy atom. The molecule has 0 aliphatic rings. The topological polar surface area (TPSA) is 51.2 Å². The quantitative estimate of drug-likeness (QED) is 0.610. The number of rotatable bonds is 0. The summed E-state index contributed by atoms with van der Waals surface area (Å²) in [5, 5.41) is 0.528. The van der Waals surface area contributed by atoms with Gasteiger partial charge >= 0.3 is 27.0 Å². The van der Waals surface area contributed by atoms with Crippen LogP contribution in [0, 0.1) is 0 Å². The maximum atomic E-state index is 8.60. The van der Waals surface area contributed by atoms with Crippen LogP contribution in [0.5, 0.6) is 0 Å². The molecule has 0 aliphatic carbocycles. The van der Waals surface area contributed by atoms with Crippen molar-refractivity contribution in [1.29, 1.82) is 0 Å². The first-order valence-electron chi connectivity index (χ1n) is 2.32. The van der Waals surface area contributed by atoms with E-state index < -0.39 is 16.6 Å². The second kappa shape index (κ2) is 5.09. The summed E-state index contributed by atoms with van der Waals surface area (Å²) in [6.45, 7) is 6.60. The van der Waals surface area contributed by atoms with Gasteiger partial charge in [-0.3, -0.25) is 0 Å². The molecule has 0 atom stereocenters. The minimum atomic E-state index is -4.21. The van der Waals surface area contributed by atoms with Crippen molar-refractivity contribution >= 4 is 10.2 Å². The summed E-state index contributed by atoms with van der Waals surface area (Å²) >= 11 is -4.21. The van der Waals surface area contributed by atoms with E-state index in [9.17, 15) is 0 Å². The van der Waals surface area contributed by atoms with Gasteiger partial charge in [-0.05, 0) is 0 Å². The van der Waals surface area contributed by atoms with Gasteiger partial charge in [0.1, 0.15) is 0 Å². The SMILES string of the molecule is CC(C)(C)[SiH2].[O]=[Re](=[O])=[O]. The van der Waals surface area contributed by atoms with E-state index in [-0.39, 0.29) is 0 Å². The van der Waals surface area contributed by atoms with Crippen molar-refractivity contribution in [2.45, 2.75) is 25.8 Å². The molecule has 0 spiro atoms. The molecule has 0 heterocycles. The summed E-state index contributed by atoms with van der Waals surface area (Å²) < 4.78 is 25.8. The third-order valence-electron chi connectivity index (χ3n) is 0. The van der Waals surface area contributed by atoms with Crippen LogP contribution in [0.4, 0.5) is 0 Å². The van der Waals surface area contributed by atoms with E-state index in [2.05, 4.69) is 20.8 Å². The molecule has 56 valence electrons. The molecule has 0 aromatic rings. The van der Waals surface area contributed by atoms with Crippen LogP contribution in [0.1, 0.15) is 20.8 Å². The van der Waals surface area contributed by atoms with Crippen molar-refractivity contribution in [3.8, 4) is 0 Å². The van der Waals surface area contributed by atoms with Crippen LogP contribution in [0.25, 0.3) is 0 Å². The molecule has 0 amide bonds. The average molecular weight is 321 g/mol. The van der Waals surface area contributed by atoms with Crippen molar-refractivity contribution in [2.24, 2.45) is 0 Å². The Morgan fingerprint density at radius 3 is 1.11 bits per heavy atom. The van der Waals surface area contributed by atoms with Gasteiger partial charge in [0.2, 0.25) is 0 Å². The van der Waals surface area contributed by atoms with Gasteiger partial charge in [0, 0.05) is 10.2 Å². The van der Waals surface area contributed by atoms with Crippen LogP contribution in [0.2, 0.25) is 5.04 Å². The second-order valence-electron chi connectivity index (χ2n) is 2.75. The molecule has 1 radical (unpaired) electrons. The van der Waals surface area contributed by atoms with Crippen LogP contribution in [-0.2, 0) is 27.0 Å². The molecule has 0 saturated carbocycles. The van der Waals surface area contributed by atoms with Crippen molar-refractivity contribution in [3.63, 3.8) is 0 Å². The van der Waals surface area contributed by atoms with Gasteiger partial charge in [-0.15, -0.1) is 0 Å². The van der Waals surface area contributed by atoms with Gasteiger partial charge in [0.05, 0.1) is 0 Å². The summed E-state index contributed by atoms with van der Waals surface area (Å²) in [6, 6.07) is 0. The van der Waals surface area contributed by atoms with Gasteiger partial charge < -0.3 is 0 Å².